The average Bonchev–Trinajstić information content (AvgIpc) is 2.22. The van der Waals surface area contributed by atoms with Gasteiger partial charge in [-0.1, -0.05) is 18.1 Å². The molecule has 15 heavy (non-hydrogen) atoms. The average molecular weight is 207 g/mol. The second kappa shape index (κ2) is 4.29. The Morgan fingerprint density at radius 3 is 2.67 bits per heavy atom. The number of hydrogen-bond acceptors (Lipinski definition) is 1. The number of likely N-dealkylation sites (tertiary alicyclic amines) is 1. The van der Waals surface area contributed by atoms with Crippen molar-refractivity contribution in [1.29, 1.82) is 0 Å². The van der Waals surface area contributed by atoms with E-state index in [1.54, 1.807) is 11.1 Å². The highest BCUT2D eigenvalue weighted by molar-refractivity contribution is 5.24. The van der Waals surface area contributed by atoms with E-state index in [-0.39, 0.29) is 0 Å². The number of allylic oxidation sites excluding steroid dienone is 1. The van der Waals surface area contributed by atoms with E-state index in [1.807, 2.05) is 0 Å². The van der Waals surface area contributed by atoms with Gasteiger partial charge in [0, 0.05) is 12.0 Å². The van der Waals surface area contributed by atoms with Gasteiger partial charge in [0.2, 0.25) is 0 Å². The minimum atomic E-state index is 0.566. The number of nitrogens with zero attached hydrogens (tertiary/aromatic N) is 1. The SMILES string of the molecule is CCC1=C(C)C2(CCC1)CCCN(C)C2. The zero-order chi connectivity index (χ0) is 10.9. The molecule has 86 valence electrons. The highest BCUT2D eigenvalue weighted by Gasteiger charge is 2.38. The van der Waals surface area contributed by atoms with Crippen LogP contribution >= 0.6 is 0 Å². The van der Waals surface area contributed by atoms with Crippen LogP contribution in [0.1, 0.15) is 52.4 Å². The smallest absolute Gasteiger partial charge is 0.00723 e. The van der Waals surface area contributed by atoms with Crippen LogP contribution in [0.2, 0.25) is 0 Å². The van der Waals surface area contributed by atoms with Gasteiger partial charge < -0.3 is 4.90 Å². The topological polar surface area (TPSA) is 3.24 Å². The molecule has 1 nitrogen and oxygen atoms in total. The molecule has 0 saturated carbocycles. The van der Waals surface area contributed by atoms with Crippen molar-refractivity contribution in [1.82, 2.24) is 4.90 Å². The standard InChI is InChI=1S/C14H25N/c1-4-13-7-5-8-14(12(13)2)9-6-10-15(3)11-14/h4-11H2,1-3H3. The van der Waals surface area contributed by atoms with Crippen LogP contribution in [0.4, 0.5) is 0 Å². The minimum Gasteiger partial charge on any atom is -0.305 e. The summed E-state index contributed by atoms with van der Waals surface area (Å²) in [5, 5.41) is 0. The third-order valence-corrected chi connectivity index (χ3v) is 4.65. The molecule has 0 amide bonds. The van der Waals surface area contributed by atoms with Crippen molar-refractivity contribution in [3.8, 4) is 0 Å². The quantitative estimate of drug-likeness (QED) is 0.594. The van der Waals surface area contributed by atoms with E-state index in [9.17, 15) is 0 Å². The van der Waals surface area contributed by atoms with E-state index in [1.165, 1.54) is 51.6 Å². The number of piperidine rings is 1. The molecule has 1 heterocycles. The van der Waals surface area contributed by atoms with E-state index in [0.717, 1.165) is 0 Å². The van der Waals surface area contributed by atoms with Crippen LogP contribution in [0.25, 0.3) is 0 Å². The van der Waals surface area contributed by atoms with Crippen LogP contribution in [0, 0.1) is 5.41 Å². The van der Waals surface area contributed by atoms with Crippen LogP contribution in [0.5, 0.6) is 0 Å². The predicted octanol–water partition coefficient (Wildman–Crippen LogP) is 3.61. The Labute approximate surface area is 94.5 Å². The fourth-order valence-corrected chi connectivity index (χ4v) is 3.70. The van der Waals surface area contributed by atoms with Crippen molar-refractivity contribution in [3.05, 3.63) is 11.1 Å². The fraction of sp³-hybridized carbons (Fsp3) is 0.857. The normalized spacial score (nSPS) is 33.8. The van der Waals surface area contributed by atoms with E-state index >= 15 is 0 Å². The molecule has 0 N–H and O–H groups in total. The summed E-state index contributed by atoms with van der Waals surface area (Å²) in [5.74, 6) is 0. The Bertz CT molecular complexity index is 267. The van der Waals surface area contributed by atoms with Gasteiger partial charge in [0.1, 0.15) is 0 Å². The lowest BCUT2D eigenvalue weighted by Gasteiger charge is -2.46. The Kier molecular flexibility index (Phi) is 3.20. The van der Waals surface area contributed by atoms with Gasteiger partial charge in [0.25, 0.3) is 0 Å². The Balaban J connectivity index is 2.25. The molecule has 0 bridgehead atoms. The van der Waals surface area contributed by atoms with Crippen LogP contribution in [-0.2, 0) is 0 Å². The summed E-state index contributed by atoms with van der Waals surface area (Å²) >= 11 is 0. The molecule has 1 aliphatic carbocycles. The van der Waals surface area contributed by atoms with E-state index in [0.29, 0.717) is 5.41 Å². The predicted molar refractivity (Wildman–Crippen MR) is 66.0 cm³/mol. The number of hydrogen-bond donors (Lipinski definition) is 0. The molecule has 2 rings (SSSR count). The molecule has 1 spiro atoms. The highest BCUT2D eigenvalue weighted by atomic mass is 15.1. The van der Waals surface area contributed by atoms with Crippen molar-refractivity contribution in [2.45, 2.75) is 52.4 Å². The Morgan fingerprint density at radius 1 is 1.27 bits per heavy atom. The maximum atomic E-state index is 2.53. The first-order chi connectivity index (χ1) is 7.18. The summed E-state index contributed by atoms with van der Waals surface area (Å²) in [6.07, 6.45) is 8.34. The van der Waals surface area contributed by atoms with E-state index in [2.05, 4.69) is 25.8 Å². The fourth-order valence-electron chi connectivity index (χ4n) is 3.70. The van der Waals surface area contributed by atoms with Gasteiger partial charge in [-0.2, -0.15) is 0 Å². The maximum Gasteiger partial charge on any atom is 0.00723 e. The zero-order valence-corrected chi connectivity index (χ0v) is 10.6. The van der Waals surface area contributed by atoms with Gasteiger partial charge in [-0.25, -0.2) is 0 Å². The lowest BCUT2D eigenvalue weighted by molar-refractivity contribution is 0.122. The lowest BCUT2D eigenvalue weighted by Crippen LogP contribution is -2.43. The molecule has 1 aliphatic heterocycles. The third kappa shape index (κ3) is 1.99. The summed E-state index contributed by atoms with van der Waals surface area (Å²) in [6, 6.07) is 0. The van der Waals surface area contributed by atoms with Gasteiger partial charge in [0.05, 0.1) is 0 Å². The third-order valence-electron chi connectivity index (χ3n) is 4.65. The number of rotatable bonds is 1. The largest absolute Gasteiger partial charge is 0.305 e. The zero-order valence-electron chi connectivity index (χ0n) is 10.6. The molecule has 0 aromatic rings. The molecule has 1 fully saturated rings. The molecule has 0 radical (unpaired) electrons. The minimum absolute atomic E-state index is 0.566. The maximum absolute atomic E-state index is 2.53. The summed E-state index contributed by atoms with van der Waals surface area (Å²) < 4.78 is 0. The van der Waals surface area contributed by atoms with Crippen molar-refractivity contribution in [2.75, 3.05) is 20.1 Å². The van der Waals surface area contributed by atoms with Crippen LogP contribution < -0.4 is 0 Å². The molecule has 1 atom stereocenters. The molecule has 0 aromatic heterocycles. The molecular formula is C14H25N. The molecule has 1 unspecified atom stereocenters. The van der Waals surface area contributed by atoms with E-state index in [4.69, 9.17) is 0 Å². The molecule has 0 aromatic carbocycles. The van der Waals surface area contributed by atoms with Gasteiger partial charge in [0.15, 0.2) is 0 Å². The molecule has 2 aliphatic rings. The van der Waals surface area contributed by atoms with Gasteiger partial charge in [-0.3, -0.25) is 0 Å². The lowest BCUT2D eigenvalue weighted by atomic mass is 9.66. The van der Waals surface area contributed by atoms with Crippen molar-refractivity contribution < 1.29 is 0 Å². The first-order valence-corrected chi connectivity index (χ1v) is 6.55. The second-order valence-corrected chi connectivity index (χ2v) is 5.56. The summed E-state index contributed by atoms with van der Waals surface area (Å²) in [4.78, 5) is 2.53. The van der Waals surface area contributed by atoms with Crippen molar-refractivity contribution in [2.24, 2.45) is 5.41 Å². The van der Waals surface area contributed by atoms with Gasteiger partial charge >= 0.3 is 0 Å². The molecular weight excluding hydrogens is 182 g/mol. The summed E-state index contributed by atoms with van der Waals surface area (Å²) in [7, 11) is 2.29. The van der Waals surface area contributed by atoms with Crippen LogP contribution in [0.3, 0.4) is 0 Å². The molecule has 1 saturated heterocycles. The Morgan fingerprint density at radius 2 is 2.00 bits per heavy atom. The van der Waals surface area contributed by atoms with Gasteiger partial charge in [-0.05, 0) is 59.0 Å². The molecule has 1 heteroatoms. The monoisotopic (exact) mass is 207 g/mol. The van der Waals surface area contributed by atoms with Crippen molar-refractivity contribution >= 4 is 0 Å². The van der Waals surface area contributed by atoms with E-state index < -0.39 is 0 Å². The summed E-state index contributed by atoms with van der Waals surface area (Å²) in [6.45, 7) is 7.35. The van der Waals surface area contributed by atoms with Gasteiger partial charge in [-0.15, -0.1) is 0 Å². The highest BCUT2D eigenvalue weighted by Crippen LogP contribution is 2.46. The van der Waals surface area contributed by atoms with Crippen molar-refractivity contribution in [3.63, 3.8) is 0 Å². The first-order valence-electron chi connectivity index (χ1n) is 6.55. The first kappa shape index (κ1) is 11.2. The van der Waals surface area contributed by atoms with Crippen LogP contribution in [-0.4, -0.2) is 25.0 Å². The second-order valence-electron chi connectivity index (χ2n) is 5.56. The van der Waals surface area contributed by atoms with Crippen LogP contribution in [0.15, 0.2) is 11.1 Å². The summed E-state index contributed by atoms with van der Waals surface area (Å²) in [5.41, 5.74) is 4.08. The Hall–Kier alpha value is -0.300.